The number of hydrogen-bond donors (Lipinski definition) is 3. The van der Waals surface area contributed by atoms with Crippen LogP contribution in [-0.4, -0.2) is 21.8 Å². The van der Waals surface area contributed by atoms with Gasteiger partial charge in [0.2, 0.25) is 5.91 Å². The van der Waals surface area contributed by atoms with E-state index < -0.39 is 0 Å². The van der Waals surface area contributed by atoms with E-state index in [-0.39, 0.29) is 17.0 Å². The molecular formula is C27H22ClN5O2. The van der Waals surface area contributed by atoms with Crippen LogP contribution in [0.15, 0.2) is 91.5 Å². The maximum atomic E-state index is 12.5. The molecule has 1 aromatic heterocycles. The third-order valence-corrected chi connectivity index (χ3v) is 5.18. The zero-order chi connectivity index (χ0) is 24.8. The maximum absolute atomic E-state index is 12.5. The summed E-state index contributed by atoms with van der Waals surface area (Å²) < 4.78 is 0. The topological polar surface area (TPSA) is 96.0 Å². The largest absolute Gasteiger partial charge is 0.340 e. The van der Waals surface area contributed by atoms with Crippen molar-refractivity contribution in [3.05, 3.63) is 108 Å². The van der Waals surface area contributed by atoms with Crippen LogP contribution in [0, 0.1) is 6.92 Å². The number of carbonyl (C=O) groups is 2. The Hall–Kier alpha value is -4.49. The van der Waals surface area contributed by atoms with E-state index in [1.54, 1.807) is 54.6 Å². The van der Waals surface area contributed by atoms with Gasteiger partial charge in [-0.1, -0.05) is 30.3 Å². The molecule has 1 heterocycles. The third kappa shape index (κ3) is 6.31. The first-order valence-corrected chi connectivity index (χ1v) is 11.1. The Morgan fingerprint density at radius 1 is 0.857 bits per heavy atom. The number of anilines is 4. The molecule has 0 aliphatic carbocycles. The Labute approximate surface area is 207 Å². The van der Waals surface area contributed by atoms with Crippen LogP contribution >= 0.6 is 11.6 Å². The highest BCUT2D eigenvalue weighted by Crippen LogP contribution is 2.24. The molecule has 3 N–H and O–H groups in total. The van der Waals surface area contributed by atoms with Crippen LogP contribution in [0.2, 0.25) is 5.15 Å². The van der Waals surface area contributed by atoms with Crippen LogP contribution in [0.1, 0.15) is 15.9 Å². The summed E-state index contributed by atoms with van der Waals surface area (Å²) in [6.07, 6.45) is 1.20. The average Bonchev–Trinajstić information content (AvgIpc) is 2.84. The van der Waals surface area contributed by atoms with Crippen molar-refractivity contribution < 1.29 is 9.59 Å². The number of aromatic nitrogens is 2. The fourth-order valence-electron chi connectivity index (χ4n) is 3.29. The summed E-state index contributed by atoms with van der Waals surface area (Å²) in [4.78, 5) is 32.8. The maximum Gasteiger partial charge on any atom is 0.255 e. The Morgan fingerprint density at radius 2 is 1.57 bits per heavy atom. The van der Waals surface area contributed by atoms with E-state index in [1.165, 1.54) is 6.08 Å². The van der Waals surface area contributed by atoms with Crippen LogP contribution < -0.4 is 16.0 Å². The molecule has 0 saturated heterocycles. The molecule has 0 radical (unpaired) electrons. The highest BCUT2D eigenvalue weighted by Gasteiger charge is 2.09. The summed E-state index contributed by atoms with van der Waals surface area (Å²) in [6.45, 7) is 5.41. The van der Waals surface area contributed by atoms with Crippen molar-refractivity contribution in [2.45, 2.75) is 6.92 Å². The number of amides is 2. The monoisotopic (exact) mass is 483 g/mol. The molecule has 35 heavy (non-hydrogen) atoms. The number of rotatable bonds is 7. The normalized spacial score (nSPS) is 10.3. The summed E-state index contributed by atoms with van der Waals surface area (Å²) in [7, 11) is 0. The lowest BCUT2D eigenvalue weighted by Gasteiger charge is -2.10. The van der Waals surface area contributed by atoms with Gasteiger partial charge in [-0.25, -0.2) is 9.97 Å². The molecule has 4 rings (SSSR count). The van der Waals surface area contributed by atoms with Crippen LogP contribution in [-0.2, 0) is 4.79 Å². The Bertz CT molecular complexity index is 1390. The number of carbonyl (C=O) groups excluding carboxylic acids is 2. The van der Waals surface area contributed by atoms with E-state index in [2.05, 4.69) is 32.5 Å². The van der Waals surface area contributed by atoms with Gasteiger partial charge in [-0.15, -0.1) is 0 Å². The number of hydrogen-bond acceptors (Lipinski definition) is 5. The lowest BCUT2D eigenvalue weighted by Crippen LogP contribution is -2.11. The fourth-order valence-corrected chi connectivity index (χ4v) is 3.47. The van der Waals surface area contributed by atoms with E-state index in [0.29, 0.717) is 22.9 Å². The molecule has 0 aliphatic rings. The van der Waals surface area contributed by atoms with Crippen LogP contribution in [0.3, 0.4) is 0 Å². The van der Waals surface area contributed by atoms with Gasteiger partial charge in [0.15, 0.2) is 5.82 Å². The molecule has 7 nitrogen and oxygen atoms in total. The molecule has 0 atom stereocenters. The molecule has 0 aliphatic heterocycles. The lowest BCUT2D eigenvalue weighted by molar-refractivity contribution is -0.111. The first-order chi connectivity index (χ1) is 16.9. The second-order valence-electron chi connectivity index (χ2n) is 7.70. The van der Waals surface area contributed by atoms with Gasteiger partial charge in [0.05, 0.1) is 0 Å². The van der Waals surface area contributed by atoms with Crippen molar-refractivity contribution in [3.63, 3.8) is 0 Å². The second-order valence-corrected chi connectivity index (χ2v) is 8.08. The molecule has 2 amide bonds. The minimum absolute atomic E-state index is 0.192. The van der Waals surface area contributed by atoms with Gasteiger partial charge in [-0.05, 0) is 79.2 Å². The van der Waals surface area contributed by atoms with E-state index >= 15 is 0 Å². The van der Waals surface area contributed by atoms with E-state index in [1.807, 2.05) is 31.2 Å². The van der Waals surface area contributed by atoms with Crippen molar-refractivity contribution in [1.29, 1.82) is 0 Å². The van der Waals surface area contributed by atoms with Crippen molar-refractivity contribution in [2.75, 3.05) is 16.0 Å². The minimum Gasteiger partial charge on any atom is -0.340 e. The summed E-state index contributed by atoms with van der Waals surface area (Å²) in [5.74, 6) is 0.445. The van der Waals surface area contributed by atoms with Crippen molar-refractivity contribution >= 4 is 46.3 Å². The number of aryl methyl sites for hydroxylation is 1. The zero-order valence-electron chi connectivity index (χ0n) is 18.9. The van der Waals surface area contributed by atoms with Gasteiger partial charge in [-0.3, -0.25) is 9.59 Å². The highest BCUT2D eigenvalue weighted by atomic mass is 35.5. The van der Waals surface area contributed by atoms with Crippen LogP contribution in [0.25, 0.3) is 11.4 Å². The lowest BCUT2D eigenvalue weighted by atomic mass is 10.1. The molecule has 3 aromatic carbocycles. The van der Waals surface area contributed by atoms with Gasteiger partial charge in [0, 0.05) is 34.3 Å². The Balaban J connectivity index is 1.46. The van der Waals surface area contributed by atoms with E-state index in [0.717, 1.165) is 22.5 Å². The van der Waals surface area contributed by atoms with Gasteiger partial charge >= 0.3 is 0 Å². The number of benzene rings is 3. The molecular weight excluding hydrogens is 462 g/mol. The van der Waals surface area contributed by atoms with Gasteiger partial charge in [0.25, 0.3) is 5.91 Å². The smallest absolute Gasteiger partial charge is 0.255 e. The zero-order valence-corrected chi connectivity index (χ0v) is 19.6. The predicted octanol–water partition coefficient (Wildman–Crippen LogP) is 6.23. The first-order valence-electron chi connectivity index (χ1n) is 10.7. The van der Waals surface area contributed by atoms with Gasteiger partial charge < -0.3 is 16.0 Å². The molecule has 0 bridgehead atoms. The van der Waals surface area contributed by atoms with Crippen molar-refractivity contribution in [3.8, 4) is 11.4 Å². The highest BCUT2D eigenvalue weighted by molar-refractivity contribution is 6.29. The molecule has 0 unspecified atom stereocenters. The standard InChI is InChI=1S/C27H22ClN5O2/c1-3-25(34)30-21-11-7-18(8-12-21)26-32-23(28)16-24(33-26)29-20-13-9-19(10-14-20)27(35)31-22-6-4-5-17(2)15-22/h3-16H,1H2,2H3,(H,30,34)(H,31,35)(H,29,32,33). The number of nitrogens with one attached hydrogen (secondary N) is 3. The minimum atomic E-state index is -0.290. The summed E-state index contributed by atoms with van der Waals surface area (Å²) >= 11 is 6.23. The average molecular weight is 484 g/mol. The first kappa shape index (κ1) is 23.7. The molecule has 0 fully saturated rings. The second kappa shape index (κ2) is 10.6. The summed E-state index contributed by atoms with van der Waals surface area (Å²) in [5, 5.41) is 9.04. The Morgan fingerprint density at radius 3 is 2.26 bits per heavy atom. The summed E-state index contributed by atoms with van der Waals surface area (Å²) in [6, 6.07) is 23.3. The number of nitrogens with zero attached hydrogens (tertiary/aromatic N) is 2. The van der Waals surface area contributed by atoms with Crippen LogP contribution in [0.4, 0.5) is 22.9 Å². The predicted molar refractivity (Wildman–Crippen MR) is 140 cm³/mol. The van der Waals surface area contributed by atoms with E-state index in [9.17, 15) is 9.59 Å². The molecule has 4 aromatic rings. The molecule has 8 heteroatoms. The number of halogens is 1. The van der Waals surface area contributed by atoms with Crippen molar-refractivity contribution in [1.82, 2.24) is 9.97 Å². The quantitative estimate of drug-likeness (QED) is 0.214. The van der Waals surface area contributed by atoms with Gasteiger partial charge in [0.1, 0.15) is 11.0 Å². The molecule has 0 spiro atoms. The summed E-state index contributed by atoms with van der Waals surface area (Å²) in [5.41, 5.74) is 4.44. The van der Waals surface area contributed by atoms with E-state index in [4.69, 9.17) is 11.6 Å². The SMILES string of the molecule is C=CC(=O)Nc1ccc(-c2nc(Cl)cc(Nc3ccc(C(=O)Nc4cccc(C)c4)cc3)n2)cc1. The third-order valence-electron chi connectivity index (χ3n) is 4.99. The molecule has 0 saturated carbocycles. The Kier molecular flexibility index (Phi) is 7.18. The molecule has 174 valence electrons. The van der Waals surface area contributed by atoms with Gasteiger partial charge in [-0.2, -0.15) is 0 Å². The van der Waals surface area contributed by atoms with Crippen molar-refractivity contribution in [2.24, 2.45) is 0 Å². The fraction of sp³-hybridized carbons (Fsp3) is 0.0370. The van der Waals surface area contributed by atoms with Crippen LogP contribution in [0.5, 0.6) is 0 Å².